The zero-order chi connectivity index (χ0) is 14.8. The van der Waals surface area contributed by atoms with Crippen molar-refractivity contribution in [1.29, 1.82) is 0 Å². The lowest BCUT2D eigenvalue weighted by molar-refractivity contribution is 0.218. The maximum atomic E-state index is 5.73. The number of ether oxygens (including phenoxy) is 1. The summed E-state index contributed by atoms with van der Waals surface area (Å²) >= 11 is 0. The summed E-state index contributed by atoms with van der Waals surface area (Å²) in [7, 11) is 0. The number of aryl methyl sites for hydroxylation is 1. The van der Waals surface area contributed by atoms with E-state index in [1.807, 2.05) is 25.1 Å². The average Bonchev–Trinajstić information content (AvgIpc) is 2.75. The molecule has 1 aromatic heterocycles. The number of hydrogen-bond acceptors (Lipinski definition) is 3. The Morgan fingerprint density at radius 1 is 1.25 bits per heavy atom. The first-order valence-electron chi connectivity index (χ1n) is 6.95. The van der Waals surface area contributed by atoms with E-state index in [-0.39, 0.29) is 5.41 Å². The molecule has 0 saturated heterocycles. The van der Waals surface area contributed by atoms with Crippen molar-refractivity contribution in [1.82, 2.24) is 9.78 Å². The Balaban J connectivity index is 2.03. The number of benzene rings is 1. The van der Waals surface area contributed by atoms with Crippen molar-refractivity contribution in [3.8, 4) is 5.75 Å². The van der Waals surface area contributed by atoms with Gasteiger partial charge in [0.1, 0.15) is 11.6 Å². The Hall–Kier alpha value is -1.97. The number of nitrogens with two attached hydrogens (primary N) is 1. The van der Waals surface area contributed by atoms with Crippen molar-refractivity contribution in [3.63, 3.8) is 0 Å². The lowest BCUT2D eigenvalue weighted by Crippen LogP contribution is -2.15. The molecule has 0 unspecified atom stereocenters. The van der Waals surface area contributed by atoms with E-state index < -0.39 is 0 Å². The van der Waals surface area contributed by atoms with Crippen LogP contribution in [0, 0.1) is 6.92 Å². The highest BCUT2D eigenvalue weighted by Crippen LogP contribution is 2.28. The van der Waals surface area contributed by atoms with E-state index in [2.05, 4.69) is 38.0 Å². The summed E-state index contributed by atoms with van der Waals surface area (Å²) in [6.07, 6.45) is 1.11. The van der Waals surface area contributed by atoms with Crippen LogP contribution in [0.4, 0.5) is 5.82 Å². The number of rotatable bonds is 5. The van der Waals surface area contributed by atoms with E-state index in [1.165, 1.54) is 5.56 Å². The van der Waals surface area contributed by atoms with E-state index in [0.29, 0.717) is 12.5 Å². The van der Waals surface area contributed by atoms with Crippen LogP contribution in [0.1, 0.15) is 38.4 Å². The van der Waals surface area contributed by atoms with Crippen LogP contribution in [0.5, 0.6) is 5.75 Å². The number of aromatic nitrogens is 2. The summed E-state index contributed by atoms with van der Waals surface area (Å²) < 4.78 is 7.48. The van der Waals surface area contributed by atoms with Crippen LogP contribution in [0.2, 0.25) is 0 Å². The molecule has 1 aromatic carbocycles. The first-order chi connectivity index (χ1) is 9.42. The molecule has 4 heteroatoms. The maximum absolute atomic E-state index is 5.73. The van der Waals surface area contributed by atoms with Crippen molar-refractivity contribution in [3.05, 3.63) is 41.6 Å². The number of nitrogens with zero attached hydrogens (tertiary/aromatic N) is 2. The molecule has 2 aromatic rings. The van der Waals surface area contributed by atoms with Gasteiger partial charge in [0, 0.05) is 11.8 Å². The molecule has 0 aliphatic rings. The molecule has 1 heterocycles. The summed E-state index contributed by atoms with van der Waals surface area (Å²) in [5, 5.41) is 4.16. The first-order valence-corrected chi connectivity index (χ1v) is 6.95. The molecule has 0 aliphatic heterocycles. The van der Waals surface area contributed by atoms with Gasteiger partial charge in [0.2, 0.25) is 0 Å². The van der Waals surface area contributed by atoms with Crippen LogP contribution in [-0.4, -0.2) is 9.78 Å². The van der Waals surface area contributed by atoms with Gasteiger partial charge in [-0.3, -0.25) is 0 Å². The fourth-order valence-electron chi connectivity index (χ4n) is 2.01. The van der Waals surface area contributed by atoms with Crippen molar-refractivity contribution in [2.24, 2.45) is 0 Å². The molecule has 20 heavy (non-hydrogen) atoms. The second kappa shape index (κ2) is 5.57. The van der Waals surface area contributed by atoms with E-state index in [0.717, 1.165) is 17.9 Å². The van der Waals surface area contributed by atoms with Gasteiger partial charge in [-0.1, -0.05) is 32.9 Å². The summed E-state index contributed by atoms with van der Waals surface area (Å²) in [6.45, 7) is 9.03. The van der Waals surface area contributed by atoms with Gasteiger partial charge in [-0.2, -0.15) is 5.10 Å². The molecule has 0 radical (unpaired) electrons. The molecule has 0 bridgehead atoms. The highest BCUT2D eigenvalue weighted by molar-refractivity contribution is 5.31. The van der Waals surface area contributed by atoms with Crippen LogP contribution in [-0.2, 0) is 12.1 Å². The summed E-state index contributed by atoms with van der Waals surface area (Å²) in [5.74, 6) is 1.36. The van der Waals surface area contributed by atoms with Gasteiger partial charge in [-0.05, 0) is 36.5 Å². The van der Waals surface area contributed by atoms with Gasteiger partial charge in [-0.15, -0.1) is 0 Å². The predicted molar refractivity (Wildman–Crippen MR) is 81.8 cm³/mol. The van der Waals surface area contributed by atoms with Gasteiger partial charge >= 0.3 is 0 Å². The van der Waals surface area contributed by atoms with Gasteiger partial charge in [0.25, 0.3) is 0 Å². The minimum Gasteiger partial charge on any atom is -0.471 e. The molecule has 2 N–H and O–H groups in total. The zero-order valence-corrected chi connectivity index (χ0v) is 12.7. The Morgan fingerprint density at radius 3 is 2.40 bits per heavy atom. The fraction of sp³-hybridized carbons (Fsp3) is 0.438. The molecule has 0 spiro atoms. The quantitative estimate of drug-likeness (QED) is 0.907. The number of anilines is 1. The Labute approximate surface area is 120 Å². The highest BCUT2D eigenvalue weighted by atomic mass is 16.5. The molecule has 108 valence electrons. The summed E-state index contributed by atoms with van der Waals surface area (Å²) in [6, 6.07) is 10.1. The highest BCUT2D eigenvalue weighted by Gasteiger charge is 2.17. The summed E-state index contributed by atoms with van der Waals surface area (Å²) in [5.41, 5.74) is 8.16. The molecular weight excluding hydrogens is 250 g/mol. The van der Waals surface area contributed by atoms with Crippen LogP contribution < -0.4 is 10.5 Å². The Bertz CT molecular complexity index is 570. The summed E-state index contributed by atoms with van der Waals surface area (Å²) in [4.78, 5) is 0. The average molecular weight is 273 g/mol. The van der Waals surface area contributed by atoms with Crippen molar-refractivity contribution >= 4 is 5.82 Å². The largest absolute Gasteiger partial charge is 0.471 e. The lowest BCUT2D eigenvalue weighted by atomic mass is 9.82. The zero-order valence-electron chi connectivity index (χ0n) is 12.7. The van der Waals surface area contributed by atoms with Gasteiger partial charge in [0.15, 0.2) is 6.73 Å². The van der Waals surface area contributed by atoms with E-state index in [4.69, 9.17) is 10.5 Å². The number of nitrogen functional groups attached to an aromatic ring is 1. The van der Waals surface area contributed by atoms with Gasteiger partial charge in [0.05, 0.1) is 0 Å². The third-order valence-electron chi connectivity index (χ3n) is 3.87. The Morgan fingerprint density at radius 2 is 1.90 bits per heavy atom. The number of hydrogen-bond donors (Lipinski definition) is 1. The maximum Gasteiger partial charge on any atom is 0.181 e. The third kappa shape index (κ3) is 3.13. The van der Waals surface area contributed by atoms with Crippen LogP contribution in [0.25, 0.3) is 0 Å². The SMILES string of the molecule is CCC(C)(C)c1ccc(OCn2nc(N)cc2C)cc1. The normalized spacial score (nSPS) is 11.6. The van der Waals surface area contributed by atoms with E-state index in [1.54, 1.807) is 4.68 Å². The monoisotopic (exact) mass is 273 g/mol. The van der Waals surface area contributed by atoms with Crippen LogP contribution >= 0.6 is 0 Å². The van der Waals surface area contributed by atoms with Crippen LogP contribution in [0.15, 0.2) is 30.3 Å². The van der Waals surface area contributed by atoms with E-state index >= 15 is 0 Å². The standard InChI is InChI=1S/C16H23N3O/c1-5-16(3,4)13-6-8-14(9-7-13)20-11-19-12(2)10-15(17)18-19/h6-10H,5,11H2,1-4H3,(H2,17,18). The van der Waals surface area contributed by atoms with Gasteiger partial charge in [-0.25, -0.2) is 4.68 Å². The molecule has 0 fully saturated rings. The second-order valence-corrected chi connectivity index (χ2v) is 5.75. The molecule has 4 nitrogen and oxygen atoms in total. The molecule has 0 aliphatic carbocycles. The van der Waals surface area contributed by atoms with Crippen molar-refractivity contribution in [2.75, 3.05) is 5.73 Å². The van der Waals surface area contributed by atoms with Crippen LogP contribution in [0.3, 0.4) is 0 Å². The van der Waals surface area contributed by atoms with Crippen molar-refractivity contribution in [2.45, 2.75) is 46.3 Å². The Kier molecular flexibility index (Phi) is 4.02. The second-order valence-electron chi connectivity index (χ2n) is 5.75. The van der Waals surface area contributed by atoms with Gasteiger partial charge < -0.3 is 10.5 Å². The minimum atomic E-state index is 0.200. The van der Waals surface area contributed by atoms with Crippen molar-refractivity contribution < 1.29 is 4.74 Å². The third-order valence-corrected chi connectivity index (χ3v) is 3.87. The topological polar surface area (TPSA) is 53.1 Å². The lowest BCUT2D eigenvalue weighted by Gasteiger charge is -2.23. The predicted octanol–water partition coefficient (Wildman–Crippen LogP) is 3.50. The molecule has 0 atom stereocenters. The van der Waals surface area contributed by atoms with E-state index in [9.17, 15) is 0 Å². The molecular formula is C16H23N3O. The molecule has 0 saturated carbocycles. The minimum absolute atomic E-state index is 0.200. The first kappa shape index (κ1) is 14.4. The molecule has 2 rings (SSSR count). The fourth-order valence-corrected chi connectivity index (χ4v) is 2.01. The smallest absolute Gasteiger partial charge is 0.181 e. The molecule has 0 amide bonds.